The minimum atomic E-state index is -3.76. The van der Waals surface area contributed by atoms with E-state index < -0.39 is 22.2 Å². The molecule has 0 aromatic carbocycles. The number of fused-ring (bicyclic) bond motifs is 1. The van der Waals surface area contributed by atoms with E-state index >= 15 is 0 Å². The Labute approximate surface area is 129 Å². The molecular weight excluding hydrogens is 338 g/mol. The normalized spacial score (nSPS) is 12.4. The van der Waals surface area contributed by atoms with Crippen molar-refractivity contribution in [3.05, 3.63) is 41.6 Å². The SMILES string of the molecule is CS(=O)(=O)n1c(-c2ccoc2C(F)F)cc2cnc(Cl)cc21. The summed E-state index contributed by atoms with van der Waals surface area (Å²) in [5.41, 5.74) is 0.345. The summed E-state index contributed by atoms with van der Waals surface area (Å²) >= 11 is 5.80. The van der Waals surface area contributed by atoms with Gasteiger partial charge in [0.25, 0.3) is 6.43 Å². The number of nitrogens with zero attached hydrogens (tertiary/aromatic N) is 2. The van der Waals surface area contributed by atoms with Crippen LogP contribution in [0.5, 0.6) is 0 Å². The Bertz CT molecular complexity index is 963. The minimum absolute atomic E-state index is 0.00717. The third kappa shape index (κ3) is 2.38. The van der Waals surface area contributed by atoms with Crippen molar-refractivity contribution in [1.29, 1.82) is 0 Å². The predicted molar refractivity (Wildman–Crippen MR) is 77.6 cm³/mol. The highest BCUT2D eigenvalue weighted by Gasteiger charge is 2.25. The highest BCUT2D eigenvalue weighted by molar-refractivity contribution is 7.89. The van der Waals surface area contributed by atoms with Gasteiger partial charge in [0.05, 0.1) is 23.7 Å². The molecule has 0 bridgehead atoms. The molecule has 3 aromatic rings. The zero-order valence-electron chi connectivity index (χ0n) is 11.1. The number of rotatable bonds is 3. The average molecular weight is 347 g/mol. The summed E-state index contributed by atoms with van der Waals surface area (Å²) in [7, 11) is -3.76. The standard InChI is InChI=1S/C13H9ClF2N2O3S/c1-22(19,20)18-9-5-11(14)17-6-7(9)4-10(18)8-2-3-21-12(8)13(15)16/h2-6,13H,1H3. The monoisotopic (exact) mass is 346 g/mol. The van der Waals surface area contributed by atoms with Crippen LogP contribution in [-0.2, 0) is 10.0 Å². The third-order valence-electron chi connectivity index (χ3n) is 3.11. The number of aromatic nitrogens is 2. The van der Waals surface area contributed by atoms with Crippen LogP contribution in [0.15, 0.2) is 35.1 Å². The first-order valence-corrected chi connectivity index (χ1v) is 8.25. The van der Waals surface area contributed by atoms with Gasteiger partial charge in [-0.2, -0.15) is 0 Å². The molecule has 3 rings (SSSR count). The molecule has 0 N–H and O–H groups in total. The van der Waals surface area contributed by atoms with E-state index in [-0.39, 0.29) is 21.9 Å². The van der Waals surface area contributed by atoms with Crippen LogP contribution >= 0.6 is 11.6 Å². The van der Waals surface area contributed by atoms with Crippen molar-refractivity contribution in [3.8, 4) is 11.3 Å². The molecule has 0 radical (unpaired) electrons. The number of halogens is 3. The fourth-order valence-corrected chi connectivity index (χ4v) is 3.48. The number of pyridine rings is 1. The Balaban J connectivity index is 2.41. The molecule has 0 atom stereocenters. The molecule has 9 heteroatoms. The summed E-state index contributed by atoms with van der Waals surface area (Å²) in [4.78, 5) is 3.87. The smallest absolute Gasteiger partial charge is 0.296 e. The molecule has 3 heterocycles. The summed E-state index contributed by atoms with van der Waals surface area (Å²) in [6.45, 7) is 0. The van der Waals surface area contributed by atoms with Crippen LogP contribution < -0.4 is 0 Å². The van der Waals surface area contributed by atoms with Crippen molar-refractivity contribution in [1.82, 2.24) is 8.96 Å². The van der Waals surface area contributed by atoms with Gasteiger partial charge in [-0.1, -0.05) is 11.6 Å². The van der Waals surface area contributed by atoms with Gasteiger partial charge in [-0.3, -0.25) is 0 Å². The van der Waals surface area contributed by atoms with Gasteiger partial charge in [-0.05, 0) is 12.1 Å². The van der Waals surface area contributed by atoms with Gasteiger partial charge in [0, 0.05) is 23.2 Å². The Morgan fingerprint density at radius 1 is 1.36 bits per heavy atom. The van der Waals surface area contributed by atoms with Gasteiger partial charge >= 0.3 is 0 Å². The first-order valence-electron chi connectivity index (χ1n) is 6.02. The van der Waals surface area contributed by atoms with E-state index in [1.807, 2.05) is 0 Å². The molecule has 0 unspecified atom stereocenters. The molecule has 0 aliphatic carbocycles. The zero-order chi connectivity index (χ0) is 16.1. The minimum Gasteiger partial charge on any atom is -0.463 e. The van der Waals surface area contributed by atoms with E-state index in [1.54, 1.807) is 0 Å². The quantitative estimate of drug-likeness (QED) is 0.678. The first kappa shape index (κ1) is 15.0. The highest BCUT2D eigenvalue weighted by Crippen LogP contribution is 2.36. The van der Waals surface area contributed by atoms with Crippen molar-refractivity contribution in [2.24, 2.45) is 0 Å². The molecule has 0 spiro atoms. The van der Waals surface area contributed by atoms with Gasteiger partial charge in [0.15, 0.2) is 5.76 Å². The Hall–Kier alpha value is -1.93. The zero-order valence-corrected chi connectivity index (χ0v) is 12.7. The van der Waals surface area contributed by atoms with Crippen LogP contribution in [0.2, 0.25) is 5.15 Å². The van der Waals surface area contributed by atoms with Crippen LogP contribution in [0, 0.1) is 0 Å². The van der Waals surface area contributed by atoms with Gasteiger partial charge in [0.1, 0.15) is 5.15 Å². The Morgan fingerprint density at radius 3 is 2.73 bits per heavy atom. The molecule has 0 fully saturated rings. The molecular formula is C13H9ClF2N2O3S. The van der Waals surface area contributed by atoms with Crippen LogP contribution in [0.1, 0.15) is 12.2 Å². The van der Waals surface area contributed by atoms with Crippen molar-refractivity contribution < 1.29 is 21.6 Å². The Morgan fingerprint density at radius 2 is 2.09 bits per heavy atom. The van der Waals surface area contributed by atoms with E-state index in [4.69, 9.17) is 16.0 Å². The molecule has 0 aliphatic rings. The van der Waals surface area contributed by atoms with Crippen molar-refractivity contribution >= 4 is 32.5 Å². The van der Waals surface area contributed by atoms with E-state index in [0.717, 1.165) is 16.5 Å². The lowest BCUT2D eigenvalue weighted by Gasteiger charge is -2.08. The summed E-state index contributed by atoms with van der Waals surface area (Å²) in [5, 5.41) is 0.564. The molecule has 0 aliphatic heterocycles. The van der Waals surface area contributed by atoms with Crippen molar-refractivity contribution in [2.45, 2.75) is 6.43 Å². The summed E-state index contributed by atoms with van der Waals surface area (Å²) in [6.07, 6.45) is 0.585. The fraction of sp³-hybridized carbons (Fsp3) is 0.154. The lowest BCUT2D eigenvalue weighted by Crippen LogP contribution is -2.11. The summed E-state index contributed by atoms with van der Waals surface area (Å²) in [5.74, 6) is -0.591. The van der Waals surface area contributed by atoms with Crippen molar-refractivity contribution in [2.75, 3.05) is 6.26 Å². The third-order valence-corrected chi connectivity index (χ3v) is 4.37. The second-order valence-electron chi connectivity index (χ2n) is 4.62. The average Bonchev–Trinajstić information content (AvgIpc) is 3.00. The summed E-state index contributed by atoms with van der Waals surface area (Å²) in [6, 6.07) is 4.12. The molecule has 0 saturated heterocycles. The van der Waals surface area contributed by atoms with Crippen LogP contribution in [0.25, 0.3) is 22.2 Å². The van der Waals surface area contributed by atoms with E-state index in [0.29, 0.717) is 5.39 Å². The maximum atomic E-state index is 13.0. The molecule has 5 nitrogen and oxygen atoms in total. The number of furan rings is 1. The van der Waals surface area contributed by atoms with Gasteiger partial charge in [-0.25, -0.2) is 26.2 Å². The fourth-order valence-electron chi connectivity index (χ4n) is 2.30. The van der Waals surface area contributed by atoms with Crippen molar-refractivity contribution in [3.63, 3.8) is 0 Å². The molecule has 0 saturated carbocycles. The molecule has 0 amide bonds. The molecule has 3 aromatic heterocycles. The van der Waals surface area contributed by atoms with E-state index in [9.17, 15) is 17.2 Å². The van der Waals surface area contributed by atoms with Crippen LogP contribution in [-0.4, -0.2) is 23.6 Å². The molecule has 116 valence electrons. The second kappa shape index (κ2) is 5.06. The lowest BCUT2D eigenvalue weighted by molar-refractivity contribution is 0.122. The summed E-state index contributed by atoms with van der Waals surface area (Å²) < 4.78 is 55.9. The van der Waals surface area contributed by atoms with E-state index in [2.05, 4.69) is 4.98 Å². The lowest BCUT2D eigenvalue weighted by atomic mass is 10.2. The van der Waals surface area contributed by atoms with E-state index in [1.165, 1.54) is 24.4 Å². The highest BCUT2D eigenvalue weighted by atomic mass is 35.5. The number of alkyl halides is 2. The largest absolute Gasteiger partial charge is 0.463 e. The predicted octanol–water partition coefficient (Wildman–Crippen LogP) is 3.70. The number of hydrogen-bond donors (Lipinski definition) is 0. The topological polar surface area (TPSA) is 65.1 Å². The maximum Gasteiger partial charge on any atom is 0.296 e. The second-order valence-corrected chi connectivity index (χ2v) is 6.84. The first-order chi connectivity index (χ1) is 10.3. The van der Waals surface area contributed by atoms with Crippen LogP contribution in [0.3, 0.4) is 0 Å². The van der Waals surface area contributed by atoms with Crippen LogP contribution in [0.4, 0.5) is 8.78 Å². The molecule has 22 heavy (non-hydrogen) atoms. The van der Waals surface area contributed by atoms with Gasteiger partial charge in [-0.15, -0.1) is 0 Å². The van der Waals surface area contributed by atoms with Gasteiger partial charge < -0.3 is 4.42 Å². The number of hydrogen-bond acceptors (Lipinski definition) is 4. The van der Waals surface area contributed by atoms with Gasteiger partial charge in [0.2, 0.25) is 10.0 Å². The Kier molecular flexibility index (Phi) is 3.45. The maximum absolute atomic E-state index is 13.0.